The van der Waals surface area contributed by atoms with Crippen LogP contribution in [0.5, 0.6) is 0 Å². The van der Waals surface area contributed by atoms with Gasteiger partial charge in [0.1, 0.15) is 17.2 Å². The maximum absolute atomic E-state index is 12.8. The highest BCUT2D eigenvalue weighted by Crippen LogP contribution is 2.10. The lowest BCUT2D eigenvalue weighted by Gasteiger charge is -1.94. The zero-order chi connectivity index (χ0) is 9.42. The van der Waals surface area contributed by atoms with Crippen LogP contribution in [0.25, 0.3) is 5.65 Å². The number of fused-ring (bicyclic) bond motifs is 1. The average molecular weight is 178 g/mol. The molecule has 0 aromatic carbocycles. The van der Waals surface area contributed by atoms with Gasteiger partial charge in [0.2, 0.25) is 0 Å². The molecule has 2 aromatic heterocycles. The molecule has 13 heavy (non-hydrogen) atoms. The van der Waals surface area contributed by atoms with Crippen LogP contribution in [-0.4, -0.2) is 15.7 Å². The van der Waals surface area contributed by atoms with Crippen molar-refractivity contribution in [3.63, 3.8) is 0 Å². The third kappa shape index (κ3) is 1.11. The number of aromatic nitrogens is 2. The van der Waals surface area contributed by atoms with Crippen LogP contribution in [0, 0.1) is 12.7 Å². The molecule has 0 aliphatic carbocycles. The number of nitrogens with zero attached hydrogens (tertiary/aromatic N) is 2. The minimum Gasteiger partial charge on any atom is -0.301 e. The third-order valence-electron chi connectivity index (χ3n) is 1.97. The fourth-order valence-corrected chi connectivity index (χ4v) is 1.27. The van der Waals surface area contributed by atoms with Gasteiger partial charge in [-0.1, -0.05) is 0 Å². The molecule has 66 valence electrons. The summed E-state index contributed by atoms with van der Waals surface area (Å²) in [5.41, 5.74) is 1.59. The SMILES string of the molecule is Cc1c(C=O)nc2ccc(F)cn12. The maximum Gasteiger partial charge on any atom is 0.170 e. The maximum atomic E-state index is 12.8. The van der Waals surface area contributed by atoms with Crippen molar-refractivity contribution in [3.8, 4) is 0 Å². The molecule has 0 spiro atoms. The Morgan fingerprint density at radius 2 is 2.31 bits per heavy atom. The second kappa shape index (κ2) is 2.65. The quantitative estimate of drug-likeness (QED) is 0.621. The molecule has 0 radical (unpaired) electrons. The Labute approximate surface area is 73.8 Å². The van der Waals surface area contributed by atoms with Crippen LogP contribution < -0.4 is 0 Å². The van der Waals surface area contributed by atoms with Gasteiger partial charge in [0, 0.05) is 6.20 Å². The first-order chi connectivity index (χ1) is 6.22. The molecule has 0 bridgehead atoms. The van der Waals surface area contributed by atoms with Crippen molar-refractivity contribution in [1.29, 1.82) is 0 Å². The summed E-state index contributed by atoms with van der Waals surface area (Å²) >= 11 is 0. The normalized spacial score (nSPS) is 10.6. The van der Waals surface area contributed by atoms with E-state index in [4.69, 9.17) is 0 Å². The molecule has 0 saturated heterocycles. The second-order valence-corrected chi connectivity index (χ2v) is 2.78. The monoisotopic (exact) mass is 178 g/mol. The van der Waals surface area contributed by atoms with Gasteiger partial charge in [0.25, 0.3) is 0 Å². The van der Waals surface area contributed by atoms with E-state index in [9.17, 15) is 9.18 Å². The predicted molar refractivity (Wildman–Crippen MR) is 45.3 cm³/mol. The summed E-state index contributed by atoms with van der Waals surface area (Å²) in [6.45, 7) is 1.73. The molecule has 2 rings (SSSR count). The zero-order valence-corrected chi connectivity index (χ0v) is 6.99. The topological polar surface area (TPSA) is 34.4 Å². The van der Waals surface area contributed by atoms with Crippen molar-refractivity contribution in [2.75, 3.05) is 0 Å². The van der Waals surface area contributed by atoms with Gasteiger partial charge < -0.3 is 4.40 Å². The molecule has 0 unspecified atom stereocenters. The molecule has 0 fully saturated rings. The van der Waals surface area contributed by atoms with Crippen LogP contribution in [0.4, 0.5) is 4.39 Å². The molecular formula is C9H7FN2O. The van der Waals surface area contributed by atoms with E-state index in [-0.39, 0.29) is 5.82 Å². The number of hydrogen-bond acceptors (Lipinski definition) is 2. The standard InChI is InChI=1S/C9H7FN2O/c1-6-8(5-13)11-9-3-2-7(10)4-12(6)9/h2-5H,1H3. The highest BCUT2D eigenvalue weighted by molar-refractivity contribution is 5.75. The van der Waals surface area contributed by atoms with E-state index < -0.39 is 0 Å². The summed E-state index contributed by atoms with van der Waals surface area (Å²) < 4.78 is 14.3. The minimum absolute atomic E-state index is 0.342. The van der Waals surface area contributed by atoms with Crippen molar-refractivity contribution in [1.82, 2.24) is 9.38 Å². The smallest absolute Gasteiger partial charge is 0.170 e. The second-order valence-electron chi connectivity index (χ2n) is 2.78. The number of hydrogen-bond donors (Lipinski definition) is 0. The molecule has 2 heterocycles. The van der Waals surface area contributed by atoms with Gasteiger partial charge >= 0.3 is 0 Å². The summed E-state index contributed by atoms with van der Waals surface area (Å²) in [5, 5.41) is 0. The molecule has 0 amide bonds. The first-order valence-corrected chi connectivity index (χ1v) is 3.82. The Morgan fingerprint density at radius 3 is 3.00 bits per heavy atom. The minimum atomic E-state index is -0.342. The van der Waals surface area contributed by atoms with Gasteiger partial charge in [0.15, 0.2) is 6.29 Å². The van der Waals surface area contributed by atoms with E-state index in [2.05, 4.69) is 4.98 Å². The number of carbonyl (C=O) groups excluding carboxylic acids is 1. The Balaban J connectivity index is 2.84. The lowest BCUT2D eigenvalue weighted by molar-refractivity contribution is 0.111. The molecule has 4 heteroatoms. The number of halogens is 1. The Kier molecular flexibility index (Phi) is 1.62. The summed E-state index contributed by atoms with van der Waals surface area (Å²) in [6.07, 6.45) is 1.98. The van der Waals surface area contributed by atoms with Crippen molar-refractivity contribution >= 4 is 11.9 Å². The van der Waals surface area contributed by atoms with E-state index in [1.807, 2.05) is 0 Å². The molecule has 0 N–H and O–H groups in total. The molecule has 3 nitrogen and oxygen atoms in total. The lowest BCUT2D eigenvalue weighted by atomic mass is 10.4. The van der Waals surface area contributed by atoms with Gasteiger partial charge in [0.05, 0.1) is 5.69 Å². The number of imidazole rings is 1. The molecule has 0 saturated carbocycles. The number of aldehydes is 1. The van der Waals surface area contributed by atoms with Crippen LogP contribution in [0.3, 0.4) is 0 Å². The van der Waals surface area contributed by atoms with Crippen LogP contribution >= 0.6 is 0 Å². The summed E-state index contributed by atoms with van der Waals surface area (Å²) in [6, 6.07) is 2.85. The Morgan fingerprint density at radius 1 is 1.54 bits per heavy atom. The van der Waals surface area contributed by atoms with Gasteiger partial charge in [-0.25, -0.2) is 9.37 Å². The third-order valence-corrected chi connectivity index (χ3v) is 1.97. The van der Waals surface area contributed by atoms with E-state index in [0.717, 1.165) is 0 Å². The number of pyridine rings is 1. The van der Waals surface area contributed by atoms with E-state index in [1.54, 1.807) is 11.3 Å². The van der Waals surface area contributed by atoms with Gasteiger partial charge in [-0.15, -0.1) is 0 Å². The van der Waals surface area contributed by atoms with Gasteiger partial charge in [-0.3, -0.25) is 4.79 Å². The summed E-state index contributed by atoms with van der Waals surface area (Å²) in [5.74, 6) is -0.342. The van der Waals surface area contributed by atoms with Crippen LogP contribution in [0.15, 0.2) is 18.3 Å². The fourth-order valence-electron chi connectivity index (χ4n) is 1.27. The first-order valence-electron chi connectivity index (χ1n) is 3.82. The summed E-state index contributed by atoms with van der Waals surface area (Å²) in [7, 11) is 0. The van der Waals surface area contributed by atoms with Crippen molar-refractivity contribution in [2.24, 2.45) is 0 Å². The van der Waals surface area contributed by atoms with Crippen LogP contribution in [0.2, 0.25) is 0 Å². The van der Waals surface area contributed by atoms with Crippen molar-refractivity contribution in [2.45, 2.75) is 6.92 Å². The number of rotatable bonds is 1. The first kappa shape index (κ1) is 7.91. The predicted octanol–water partition coefficient (Wildman–Crippen LogP) is 1.59. The van der Waals surface area contributed by atoms with E-state index >= 15 is 0 Å². The molecule has 0 atom stereocenters. The van der Waals surface area contributed by atoms with Crippen molar-refractivity contribution in [3.05, 3.63) is 35.5 Å². The molecular weight excluding hydrogens is 171 g/mol. The van der Waals surface area contributed by atoms with E-state index in [0.29, 0.717) is 23.3 Å². The number of aryl methyl sites for hydroxylation is 1. The zero-order valence-electron chi connectivity index (χ0n) is 6.99. The van der Waals surface area contributed by atoms with Gasteiger partial charge in [-0.2, -0.15) is 0 Å². The molecule has 0 aliphatic rings. The van der Waals surface area contributed by atoms with Gasteiger partial charge in [-0.05, 0) is 19.1 Å². The molecule has 2 aromatic rings. The summed E-state index contributed by atoms with van der Waals surface area (Å²) in [4.78, 5) is 14.5. The molecule has 0 aliphatic heterocycles. The van der Waals surface area contributed by atoms with Crippen LogP contribution in [-0.2, 0) is 0 Å². The van der Waals surface area contributed by atoms with Crippen LogP contribution in [0.1, 0.15) is 16.2 Å². The highest BCUT2D eigenvalue weighted by atomic mass is 19.1. The Hall–Kier alpha value is -1.71. The lowest BCUT2D eigenvalue weighted by Crippen LogP contribution is -1.89. The highest BCUT2D eigenvalue weighted by Gasteiger charge is 2.06. The number of carbonyl (C=O) groups is 1. The van der Waals surface area contributed by atoms with Crippen molar-refractivity contribution < 1.29 is 9.18 Å². The fraction of sp³-hybridized carbons (Fsp3) is 0.111. The van der Waals surface area contributed by atoms with E-state index in [1.165, 1.54) is 18.3 Å². The Bertz CT molecular complexity index is 476. The average Bonchev–Trinajstić information content (AvgIpc) is 2.44. The largest absolute Gasteiger partial charge is 0.301 e.